The summed E-state index contributed by atoms with van der Waals surface area (Å²) >= 11 is 13.7. The minimum atomic E-state index is -0.930. The Labute approximate surface area is 138 Å². The molecule has 1 fully saturated rings. The molecule has 1 saturated heterocycles. The van der Waals surface area contributed by atoms with Gasteiger partial charge in [-0.3, -0.25) is 4.90 Å². The van der Waals surface area contributed by atoms with Crippen molar-refractivity contribution in [3.63, 3.8) is 0 Å². The van der Waals surface area contributed by atoms with Crippen LogP contribution >= 0.6 is 35.0 Å². The van der Waals surface area contributed by atoms with E-state index >= 15 is 0 Å². The van der Waals surface area contributed by atoms with Crippen LogP contribution in [0, 0.1) is 0 Å². The van der Waals surface area contributed by atoms with Gasteiger partial charge in [-0.25, -0.2) is 4.79 Å². The molecule has 2 rings (SSSR count). The molecule has 1 aliphatic rings. The molecule has 1 aromatic rings. The van der Waals surface area contributed by atoms with Gasteiger partial charge in [0.15, 0.2) is 0 Å². The molecule has 7 heteroatoms. The molecule has 0 aliphatic carbocycles. The number of hydrogen-bond acceptors (Lipinski definition) is 4. The van der Waals surface area contributed by atoms with E-state index in [-0.39, 0.29) is 12.2 Å². The first-order valence-corrected chi connectivity index (χ1v) is 8.28. The molecule has 21 heavy (non-hydrogen) atoms. The lowest BCUT2D eigenvalue weighted by atomic mass is 9.97. The van der Waals surface area contributed by atoms with Gasteiger partial charge in [-0.1, -0.05) is 23.2 Å². The van der Waals surface area contributed by atoms with Gasteiger partial charge in [0.05, 0.1) is 10.6 Å². The Kier molecular flexibility index (Phi) is 5.80. The van der Waals surface area contributed by atoms with E-state index in [4.69, 9.17) is 33.0 Å². The summed E-state index contributed by atoms with van der Waals surface area (Å²) in [6.07, 6.45) is 0. The maximum absolute atomic E-state index is 10.5. The van der Waals surface area contributed by atoms with Gasteiger partial charge in [0.1, 0.15) is 6.61 Å². The second kappa shape index (κ2) is 7.20. The first kappa shape index (κ1) is 16.9. The molecule has 1 aromatic carbocycles. The van der Waals surface area contributed by atoms with Crippen LogP contribution in [0.15, 0.2) is 23.1 Å². The van der Waals surface area contributed by atoms with E-state index in [1.807, 2.05) is 13.0 Å². The monoisotopic (exact) mass is 349 g/mol. The predicted octanol–water partition coefficient (Wildman–Crippen LogP) is 3.26. The summed E-state index contributed by atoms with van der Waals surface area (Å²) in [5.41, 5.74) is -0.337. The van der Waals surface area contributed by atoms with E-state index in [9.17, 15) is 4.79 Å². The fourth-order valence-electron chi connectivity index (χ4n) is 2.26. The molecule has 4 nitrogen and oxygen atoms in total. The van der Waals surface area contributed by atoms with Crippen molar-refractivity contribution < 1.29 is 14.6 Å². The molecule has 0 atom stereocenters. The average molecular weight is 350 g/mol. The van der Waals surface area contributed by atoms with E-state index in [0.717, 1.165) is 30.3 Å². The number of likely N-dealkylation sites (tertiary alicyclic amines) is 1. The number of thioether (sulfide) groups is 1. The minimum absolute atomic E-state index is 0.239. The van der Waals surface area contributed by atoms with Crippen molar-refractivity contribution in [2.75, 3.05) is 32.0 Å². The number of hydrogen-bond donors (Lipinski definition) is 1. The number of carboxylic acids is 1. The first-order chi connectivity index (χ1) is 9.88. The number of rotatable bonds is 7. The summed E-state index contributed by atoms with van der Waals surface area (Å²) in [6.45, 7) is 4.11. The number of aliphatic carboxylic acids is 1. The lowest BCUT2D eigenvalue weighted by Gasteiger charge is -2.47. The SMILES string of the molecule is CC1(OCC(=O)O)CN(CCSc2cc(Cl)ccc2Cl)C1. The minimum Gasteiger partial charge on any atom is -0.480 e. The summed E-state index contributed by atoms with van der Waals surface area (Å²) in [5.74, 6) is -0.0319. The van der Waals surface area contributed by atoms with E-state index in [1.54, 1.807) is 23.9 Å². The van der Waals surface area contributed by atoms with Crippen molar-refractivity contribution in [3.8, 4) is 0 Å². The third-order valence-corrected chi connectivity index (χ3v) is 4.93. The Hall–Kier alpha value is -0.460. The zero-order valence-electron chi connectivity index (χ0n) is 11.6. The van der Waals surface area contributed by atoms with Crippen LogP contribution in [0.1, 0.15) is 6.92 Å². The van der Waals surface area contributed by atoms with Crippen LogP contribution in [0.2, 0.25) is 10.0 Å². The summed E-state index contributed by atoms with van der Waals surface area (Å²) in [4.78, 5) is 13.7. The molecule has 116 valence electrons. The fraction of sp³-hybridized carbons (Fsp3) is 0.500. The fourth-order valence-corrected chi connectivity index (χ4v) is 3.76. The second-order valence-corrected chi connectivity index (χ2v) is 7.25. The molecule has 0 saturated carbocycles. The third-order valence-electron chi connectivity index (χ3n) is 3.22. The van der Waals surface area contributed by atoms with E-state index in [0.29, 0.717) is 10.0 Å². The molecule has 0 amide bonds. The third kappa shape index (κ3) is 5.04. The van der Waals surface area contributed by atoms with Crippen molar-refractivity contribution in [1.29, 1.82) is 0 Å². The van der Waals surface area contributed by atoms with Crippen LogP contribution in [-0.4, -0.2) is 53.6 Å². The smallest absolute Gasteiger partial charge is 0.329 e. The molecule has 1 heterocycles. The van der Waals surface area contributed by atoms with Gasteiger partial charge >= 0.3 is 5.97 Å². The molecule has 0 spiro atoms. The highest BCUT2D eigenvalue weighted by molar-refractivity contribution is 7.99. The zero-order valence-corrected chi connectivity index (χ0v) is 14.0. The number of carbonyl (C=O) groups is 1. The quantitative estimate of drug-likeness (QED) is 0.765. The van der Waals surface area contributed by atoms with E-state index in [2.05, 4.69) is 4.90 Å². The van der Waals surface area contributed by atoms with Crippen LogP contribution in [0.5, 0.6) is 0 Å². The normalized spacial score (nSPS) is 17.5. The predicted molar refractivity (Wildman–Crippen MR) is 85.6 cm³/mol. The first-order valence-electron chi connectivity index (χ1n) is 6.54. The van der Waals surface area contributed by atoms with Crippen molar-refractivity contribution >= 4 is 40.9 Å². The van der Waals surface area contributed by atoms with E-state index < -0.39 is 5.97 Å². The number of halogens is 2. The zero-order chi connectivity index (χ0) is 15.5. The molecule has 0 unspecified atom stereocenters. The topological polar surface area (TPSA) is 49.8 Å². The Morgan fingerprint density at radius 3 is 2.86 bits per heavy atom. The Morgan fingerprint density at radius 1 is 1.48 bits per heavy atom. The maximum atomic E-state index is 10.5. The highest BCUT2D eigenvalue weighted by atomic mass is 35.5. The number of benzene rings is 1. The van der Waals surface area contributed by atoms with Gasteiger partial charge in [-0.2, -0.15) is 0 Å². The lowest BCUT2D eigenvalue weighted by Crippen LogP contribution is -2.62. The molecule has 1 aliphatic heterocycles. The Balaban J connectivity index is 1.69. The second-order valence-electron chi connectivity index (χ2n) is 5.27. The van der Waals surface area contributed by atoms with Gasteiger partial charge in [-0.05, 0) is 25.1 Å². The van der Waals surface area contributed by atoms with Gasteiger partial charge in [0.2, 0.25) is 0 Å². The number of nitrogens with zero attached hydrogens (tertiary/aromatic N) is 1. The molecule has 0 aromatic heterocycles. The molecular formula is C14H17Cl2NO3S. The number of carboxylic acid groups (broad SMARTS) is 1. The van der Waals surface area contributed by atoms with Crippen molar-refractivity contribution in [3.05, 3.63) is 28.2 Å². The van der Waals surface area contributed by atoms with Gasteiger partial charge in [0.25, 0.3) is 0 Å². The molecule has 1 N–H and O–H groups in total. The van der Waals surface area contributed by atoms with Crippen LogP contribution < -0.4 is 0 Å². The Morgan fingerprint density at radius 2 is 2.19 bits per heavy atom. The van der Waals surface area contributed by atoms with Gasteiger partial charge in [-0.15, -0.1) is 11.8 Å². The standard InChI is InChI=1S/C14H17Cl2NO3S/c1-14(20-7-13(18)19)8-17(9-14)4-5-21-12-6-10(15)2-3-11(12)16/h2-3,6H,4-5,7-9H2,1H3,(H,18,19). The molecular weight excluding hydrogens is 333 g/mol. The highest BCUT2D eigenvalue weighted by Crippen LogP contribution is 2.31. The van der Waals surface area contributed by atoms with Gasteiger partial charge < -0.3 is 9.84 Å². The largest absolute Gasteiger partial charge is 0.480 e. The van der Waals surface area contributed by atoms with Crippen LogP contribution in [0.3, 0.4) is 0 Å². The van der Waals surface area contributed by atoms with Crippen molar-refractivity contribution in [2.24, 2.45) is 0 Å². The lowest BCUT2D eigenvalue weighted by molar-refractivity contribution is -0.164. The van der Waals surface area contributed by atoms with Crippen LogP contribution in [-0.2, 0) is 9.53 Å². The summed E-state index contributed by atoms with van der Waals surface area (Å²) < 4.78 is 5.37. The van der Waals surface area contributed by atoms with Crippen LogP contribution in [0.4, 0.5) is 0 Å². The number of ether oxygens (including phenoxy) is 1. The summed E-state index contributed by atoms with van der Waals surface area (Å²) in [7, 11) is 0. The summed E-state index contributed by atoms with van der Waals surface area (Å²) in [5, 5.41) is 10.0. The van der Waals surface area contributed by atoms with Gasteiger partial charge in [0, 0.05) is 35.3 Å². The highest BCUT2D eigenvalue weighted by Gasteiger charge is 2.39. The average Bonchev–Trinajstić information content (AvgIpc) is 2.38. The van der Waals surface area contributed by atoms with Crippen molar-refractivity contribution in [1.82, 2.24) is 4.90 Å². The van der Waals surface area contributed by atoms with Crippen molar-refractivity contribution in [2.45, 2.75) is 17.4 Å². The van der Waals surface area contributed by atoms with E-state index in [1.165, 1.54) is 0 Å². The molecule has 0 radical (unpaired) electrons. The Bertz CT molecular complexity index is 521. The van der Waals surface area contributed by atoms with Crippen LogP contribution in [0.25, 0.3) is 0 Å². The maximum Gasteiger partial charge on any atom is 0.329 e. The summed E-state index contributed by atoms with van der Waals surface area (Å²) in [6, 6.07) is 5.44. The molecule has 0 bridgehead atoms.